The van der Waals surface area contributed by atoms with Crippen LogP contribution in [0, 0.1) is 0 Å². The van der Waals surface area contributed by atoms with Crippen LogP contribution in [0.3, 0.4) is 0 Å². The van der Waals surface area contributed by atoms with Crippen molar-refractivity contribution in [1.29, 1.82) is 0 Å². The molecule has 5 heteroatoms. The third kappa shape index (κ3) is 7.70. The van der Waals surface area contributed by atoms with Crippen molar-refractivity contribution in [2.75, 3.05) is 13.2 Å². The second-order valence-corrected chi connectivity index (χ2v) is 3.60. The molecule has 0 radical (unpaired) electrons. The Hall–Kier alpha value is -0.200. The monoisotopic (exact) mass is 221 g/mol. The molecule has 0 spiro atoms. The van der Waals surface area contributed by atoms with Crippen LogP contribution in [0.2, 0.25) is 0 Å². The van der Waals surface area contributed by atoms with Crippen molar-refractivity contribution < 1.29 is 20.1 Å². The van der Waals surface area contributed by atoms with Crippen LogP contribution in [0.25, 0.3) is 0 Å². The molecule has 5 nitrogen and oxygen atoms in total. The van der Waals surface area contributed by atoms with Gasteiger partial charge in [-0.15, -0.1) is 0 Å². The third-order valence-electron chi connectivity index (χ3n) is 2.24. The van der Waals surface area contributed by atoms with Gasteiger partial charge in [-0.1, -0.05) is 6.42 Å². The highest BCUT2D eigenvalue weighted by Crippen LogP contribution is 2.11. The minimum Gasteiger partial charge on any atom is -0.394 e. The van der Waals surface area contributed by atoms with Gasteiger partial charge in [0.05, 0.1) is 12.7 Å². The molecule has 92 valence electrons. The van der Waals surface area contributed by atoms with Crippen LogP contribution in [0.1, 0.15) is 32.6 Å². The molecule has 0 aromatic rings. The van der Waals surface area contributed by atoms with Gasteiger partial charge in [-0.25, -0.2) is 0 Å². The van der Waals surface area contributed by atoms with Gasteiger partial charge in [0, 0.05) is 6.61 Å². The van der Waals surface area contributed by atoms with E-state index < -0.39 is 12.3 Å². The Labute approximate surface area is 90.9 Å². The first-order valence-electron chi connectivity index (χ1n) is 5.46. The SMILES string of the molecule is CCO[C@H](CCCCC(N)O)C(O)CO. The maximum Gasteiger partial charge on any atom is 0.103 e. The molecule has 0 fully saturated rings. The van der Waals surface area contributed by atoms with Crippen LogP contribution in [0.5, 0.6) is 0 Å². The number of aliphatic hydroxyl groups excluding tert-OH is 3. The van der Waals surface area contributed by atoms with E-state index >= 15 is 0 Å². The lowest BCUT2D eigenvalue weighted by atomic mass is 10.1. The summed E-state index contributed by atoms with van der Waals surface area (Å²) in [6.07, 6.45) is 0.909. The zero-order chi connectivity index (χ0) is 11.7. The number of aliphatic hydroxyl groups is 3. The van der Waals surface area contributed by atoms with Gasteiger partial charge in [0.2, 0.25) is 0 Å². The minimum absolute atomic E-state index is 0.288. The molecule has 0 aliphatic carbocycles. The molecule has 0 bridgehead atoms. The van der Waals surface area contributed by atoms with E-state index in [0.29, 0.717) is 19.4 Å². The molecule has 2 unspecified atom stereocenters. The zero-order valence-electron chi connectivity index (χ0n) is 9.30. The van der Waals surface area contributed by atoms with Gasteiger partial charge < -0.3 is 25.8 Å². The summed E-state index contributed by atoms with van der Waals surface area (Å²) in [6.45, 7) is 2.08. The second kappa shape index (κ2) is 9.06. The summed E-state index contributed by atoms with van der Waals surface area (Å²) in [5.41, 5.74) is 5.19. The molecule has 5 N–H and O–H groups in total. The second-order valence-electron chi connectivity index (χ2n) is 3.60. The van der Waals surface area contributed by atoms with Crippen LogP contribution >= 0.6 is 0 Å². The molecule has 15 heavy (non-hydrogen) atoms. The van der Waals surface area contributed by atoms with E-state index in [0.717, 1.165) is 12.8 Å². The third-order valence-corrected chi connectivity index (χ3v) is 2.24. The number of hydrogen-bond donors (Lipinski definition) is 4. The van der Waals surface area contributed by atoms with Gasteiger partial charge in [-0.3, -0.25) is 0 Å². The normalized spacial score (nSPS) is 17.4. The van der Waals surface area contributed by atoms with Gasteiger partial charge in [0.25, 0.3) is 0 Å². The first kappa shape index (κ1) is 14.8. The van der Waals surface area contributed by atoms with E-state index in [9.17, 15) is 5.11 Å². The van der Waals surface area contributed by atoms with Crippen molar-refractivity contribution in [3.8, 4) is 0 Å². The number of rotatable bonds is 9. The van der Waals surface area contributed by atoms with Crippen LogP contribution in [0.15, 0.2) is 0 Å². The molecule has 3 atom stereocenters. The molecule has 0 aliphatic heterocycles. The van der Waals surface area contributed by atoms with Crippen molar-refractivity contribution in [3.63, 3.8) is 0 Å². The molecule has 0 saturated carbocycles. The van der Waals surface area contributed by atoms with E-state index in [1.807, 2.05) is 6.92 Å². The lowest BCUT2D eigenvalue weighted by Crippen LogP contribution is -2.32. The quantitative estimate of drug-likeness (QED) is 0.313. The summed E-state index contributed by atoms with van der Waals surface area (Å²) in [4.78, 5) is 0. The molecule has 0 aliphatic rings. The Morgan fingerprint density at radius 2 is 1.80 bits per heavy atom. The van der Waals surface area contributed by atoms with Crippen molar-refractivity contribution in [1.82, 2.24) is 0 Å². The Morgan fingerprint density at radius 1 is 1.20 bits per heavy atom. The molecule has 0 saturated heterocycles. The van der Waals surface area contributed by atoms with Crippen LogP contribution in [0.4, 0.5) is 0 Å². The highest BCUT2D eigenvalue weighted by Gasteiger charge is 2.17. The predicted octanol–water partition coefficient (Wildman–Crippen LogP) is -0.418. The largest absolute Gasteiger partial charge is 0.394 e. The summed E-state index contributed by atoms with van der Waals surface area (Å²) in [5, 5.41) is 27.0. The maximum absolute atomic E-state index is 9.41. The van der Waals surface area contributed by atoms with E-state index in [-0.39, 0.29) is 12.7 Å². The average Bonchev–Trinajstić information content (AvgIpc) is 2.21. The van der Waals surface area contributed by atoms with Crippen LogP contribution in [-0.4, -0.2) is 47.0 Å². The lowest BCUT2D eigenvalue weighted by molar-refractivity contribution is -0.0584. The van der Waals surface area contributed by atoms with E-state index in [1.165, 1.54) is 0 Å². The Kier molecular flexibility index (Phi) is 8.94. The molecule has 0 heterocycles. The van der Waals surface area contributed by atoms with E-state index in [1.54, 1.807) is 0 Å². The van der Waals surface area contributed by atoms with E-state index in [2.05, 4.69) is 0 Å². The fourth-order valence-electron chi connectivity index (χ4n) is 1.42. The van der Waals surface area contributed by atoms with Gasteiger partial charge in [-0.05, 0) is 26.2 Å². The highest BCUT2D eigenvalue weighted by atomic mass is 16.5. The Morgan fingerprint density at radius 3 is 2.27 bits per heavy atom. The van der Waals surface area contributed by atoms with Gasteiger partial charge in [0.1, 0.15) is 12.3 Å². The summed E-state index contributed by atoms with van der Waals surface area (Å²) in [7, 11) is 0. The summed E-state index contributed by atoms with van der Waals surface area (Å²) in [6, 6.07) is 0. The number of unbranched alkanes of at least 4 members (excludes halogenated alkanes) is 1. The Balaban J connectivity index is 3.66. The number of ether oxygens (including phenoxy) is 1. The van der Waals surface area contributed by atoms with Crippen molar-refractivity contribution in [2.24, 2.45) is 5.73 Å². The number of hydrogen-bond acceptors (Lipinski definition) is 5. The van der Waals surface area contributed by atoms with Crippen LogP contribution in [-0.2, 0) is 4.74 Å². The predicted molar refractivity (Wildman–Crippen MR) is 57.2 cm³/mol. The summed E-state index contributed by atoms with van der Waals surface area (Å²) >= 11 is 0. The molecular formula is C10H23NO4. The van der Waals surface area contributed by atoms with Crippen LogP contribution < -0.4 is 5.73 Å². The number of nitrogens with two attached hydrogens (primary N) is 1. The van der Waals surface area contributed by atoms with Crippen molar-refractivity contribution >= 4 is 0 Å². The first-order chi connectivity index (χ1) is 7.11. The van der Waals surface area contributed by atoms with Gasteiger partial charge in [-0.2, -0.15) is 0 Å². The average molecular weight is 221 g/mol. The van der Waals surface area contributed by atoms with Gasteiger partial charge >= 0.3 is 0 Å². The maximum atomic E-state index is 9.41. The fraction of sp³-hybridized carbons (Fsp3) is 1.00. The topological polar surface area (TPSA) is 95.9 Å². The summed E-state index contributed by atoms with van der Waals surface area (Å²) < 4.78 is 5.30. The molecule has 0 amide bonds. The lowest BCUT2D eigenvalue weighted by Gasteiger charge is -2.21. The molecule has 0 aromatic heterocycles. The molecule has 0 rings (SSSR count). The zero-order valence-corrected chi connectivity index (χ0v) is 9.30. The van der Waals surface area contributed by atoms with Crippen molar-refractivity contribution in [3.05, 3.63) is 0 Å². The summed E-state index contributed by atoms with van der Waals surface area (Å²) in [5.74, 6) is 0. The van der Waals surface area contributed by atoms with E-state index in [4.69, 9.17) is 20.7 Å². The highest BCUT2D eigenvalue weighted by molar-refractivity contribution is 4.68. The molecule has 0 aromatic carbocycles. The minimum atomic E-state index is -0.826. The standard InChI is InChI=1S/C10H23NO4/c1-2-15-9(8(13)7-12)5-3-4-6-10(11)14/h8-10,12-14H,2-7,11H2,1H3/t8?,9-,10?/m1/s1. The Bertz CT molecular complexity index is 143. The van der Waals surface area contributed by atoms with Gasteiger partial charge in [0.15, 0.2) is 0 Å². The fourth-order valence-corrected chi connectivity index (χ4v) is 1.42. The van der Waals surface area contributed by atoms with Crippen molar-refractivity contribution in [2.45, 2.75) is 51.0 Å². The molecular weight excluding hydrogens is 198 g/mol. The smallest absolute Gasteiger partial charge is 0.103 e. The first-order valence-corrected chi connectivity index (χ1v) is 5.46.